The Morgan fingerprint density at radius 2 is 1.89 bits per heavy atom. The summed E-state index contributed by atoms with van der Waals surface area (Å²) < 4.78 is 16.6. The Kier molecular flexibility index (Phi) is 5.76. The first-order valence-corrected chi connectivity index (χ1v) is 8.81. The zero-order valence-corrected chi connectivity index (χ0v) is 15.6. The van der Waals surface area contributed by atoms with Crippen molar-refractivity contribution in [3.63, 3.8) is 0 Å². The molecular weight excluding hydrogens is 344 g/mol. The molecule has 1 aromatic heterocycles. The van der Waals surface area contributed by atoms with Crippen LogP contribution in [0.25, 0.3) is 11.0 Å². The van der Waals surface area contributed by atoms with Gasteiger partial charge in [-0.05, 0) is 74.9 Å². The van der Waals surface area contributed by atoms with E-state index in [4.69, 9.17) is 13.9 Å². The third-order valence-corrected chi connectivity index (χ3v) is 3.65. The van der Waals surface area contributed by atoms with Gasteiger partial charge in [-0.25, -0.2) is 5.43 Å². The fourth-order valence-electron chi connectivity index (χ4n) is 2.51. The Labute approximate surface area is 157 Å². The molecule has 0 fully saturated rings. The van der Waals surface area contributed by atoms with Gasteiger partial charge >= 0.3 is 5.91 Å². The number of benzene rings is 2. The van der Waals surface area contributed by atoms with E-state index in [1.54, 1.807) is 18.3 Å². The number of hydrogen-bond donors (Lipinski definition) is 1. The van der Waals surface area contributed by atoms with Crippen molar-refractivity contribution in [2.75, 3.05) is 6.61 Å². The number of hydrazone groups is 1. The van der Waals surface area contributed by atoms with Crippen LogP contribution >= 0.6 is 0 Å². The lowest BCUT2D eigenvalue weighted by molar-refractivity contribution is 0.0929. The monoisotopic (exact) mass is 366 g/mol. The molecule has 0 bridgehead atoms. The van der Waals surface area contributed by atoms with Gasteiger partial charge in [0.2, 0.25) is 0 Å². The summed E-state index contributed by atoms with van der Waals surface area (Å²) in [6, 6.07) is 14.5. The molecule has 2 aromatic carbocycles. The Bertz CT molecular complexity index is 942. The molecule has 3 rings (SSSR count). The molecule has 0 unspecified atom stereocenters. The van der Waals surface area contributed by atoms with Crippen LogP contribution in [0.5, 0.6) is 11.5 Å². The van der Waals surface area contributed by atoms with E-state index in [-0.39, 0.29) is 11.9 Å². The van der Waals surface area contributed by atoms with Gasteiger partial charge in [0.15, 0.2) is 5.76 Å². The molecule has 1 amide bonds. The third-order valence-electron chi connectivity index (χ3n) is 3.65. The van der Waals surface area contributed by atoms with Gasteiger partial charge in [0.1, 0.15) is 17.1 Å². The van der Waals surface area contributed by atoms with Crippen molar-refractivity contribution in [1.82, 2.24) is 5.43 Å². The quantitative estimate of drug-likeness (QED) is 0.497. The predicted octanol–water partition coefficient (Wildman–Crippen LogP) is 4.38. The van der Waals surface area contributed by atoms with Gasteiger partial charge in [0, 0.05) is 5.39 Å². The largest absolute Gasteiger partial charge is 0.494 e. The number of nitrogens with one attached hydrogen (secondary N) is 1. The van der Waals surface area contributed by atoms with E-state index >= 15 is 0 Å². The number of carbonyl (C=O) groups is 1. The van der Waals surface area contributed by atoms with Crippen molar-refractivity contribution >= 4 is 23.1 Å². The molecule has 0 spiro atoms. The molecule has 1 heterocycles. The summed E-state index contributed by atoms with van der Waals surface area (Å²) in [6.45, 7) is 6.44. The predicted molar refractivity (Wildman–Crippen MR) is 105 cm³/mol. The highest BCUT2D eigenvalue weighted by atomic mass is 16.5. The number of rotatable bonds is 7. The number of hydrogen-bond acceptors (Lipinski definition) is 5. The van der Waals surface area contributed by atoms with Gasteiger partial charge in [0.05, 0.1) is 18.9 Å². The molecule has 1 N–H and O–H groups in total. The lowest BCUT2D eigenvalue weighted by atomic mass is 10.2. The lowest BCUT2D eigenvalue weighted by Crippen LogP contribution is -2.16. The summed E-state index contributed by atoms with van der Waals surface area (Å²) in [7, 11) is 0. The Hall–Kier alpha value is -3.28. The molecule has 3 aromatic rings. The minimum atomic E-state index is -0.417. The summed E-state index contributed by atoms with van der Waals surface area (Å²) in [6.07, 6.45) is 1.68. The molecule has 0 aliphatic carbocycles. The molecule has 0 radical (unpaired) electrons. The second-order valence-corrected chi connectivity index (χ2v) is 6.18. The van der Waals surface area contributed by atoms with E-state index in [1.807, 2.05) is 57.2 Å². The van der Waals surface area contributed by atoms with Crippen molar-refractivity contribution in [3.05, 3.63) is 59.9 Å². The Morgan fingerprint density at radius 3 is 2.59 bits per heavy atom. The van der Waals surface area contributed by atoms with E-state index in [1.165, 1.54) is 0 Å². The van der Waals surface area contributed by atoms with Crippen LogP contribution in [-0.2, 0) is 0 Å². The van der Waals surface area contributed by atoms with Crippen molar-refractivity contribution < 1.29 is 18.7 Å². The fraction of sp³-hybridized carbons (Fsp3) is 0.238. The number of nitrogens with zero attached hydrogens (tertiary/aromatic N) is 1. The zero-order valence-electron chi connectivity index (χ0n) is 15.6. The van der Waals surface area contributed by atoms with E-state index in [0.717, 1.165) is 22.4 Å². The first-order valence-electron chi connectivity index (χ1n) is 8.81. The van der Waals surface area contributed by atoms with Gasteiger partial charge in [-0.1, -0.05) is 0 Å². The van der Waals surface area contributed by atoms with Gasteiger partial charge in [0.25, 0.3) is 0 Å². The first kappa shape index (κ1) is 18.5. The van der Waals surface area contributed by atoms with Crippen molar-refractivity contribution in [1.29, 1.82) is 0 Å². The third kappa shape index (κ3) is 4.88. The van der Waals surface area contributed by atoms with Gasteiger partial charge in [-0.2, -0.15) is 5.10 Å². The maximum atomic E-state index is 12.2. The molecule has 6 nitrogen and oxygen atoms in total. The molecular formula is C21H22N2O4. The molecule has 140 valence electrons. The molecule has 6 heteroatoms. The summed E-state index contributed by atoms with van der Waals surface area (Å²) in [5.74, 6) is 1.30. The summed E-state index contributed by atoms with van der Waals surface area (Å²) >= 11 is 0. The second-order valence-electron chi connectivity index (χ2n) is 6.18. The average molecular weight is 366 g/mol. The highest BCUT2D eigenvalue weighted by Crippen LogP contribution is 2.24. The summed E-state index contributed by atoms with van der Waals surface area (Å²) in [4.78, 5) is 12.2. The number of ether oxygens (including phenoxy) is 2. The minimum Gasteiger partial charge on any atom is -0.494 e. The highest BCUT2D eigenvalue weighted by Gasteiger charge is 2.12. The Morgan fingerprint density at radius 1 is 1.15 bits per heavy atom. The van der Waals surface area contributed by atoms with Crippen LogP contribution in [0.2, 0.25) is 0 Å². The Balaban J connectivity index is 1.63. The van der Waals surface area contributed by atoms with E-state index in [0.29, 0.717) is 12.2 Å². The number of amides is 1. The lowest BCUT2D eigenvalue weighted by Gasteiger charge is -2.08. The van der Waals surface area contributed by atoms with Crippen LogP contribution in [0.4, 0.5) is 0 Å². The van der Waals surface area contributed by atoms with Crippen molar-refractivity contribution in [2.45, 2.75) is 26.9 Å². The van der Waals surface area contributed by atoms with Gasteiger partial charge < -0.3 is 13.9 Å². The van der Waals surface area contributed by atoms with Gasteiger partial charge in [-0.15, -0.1) is 0 Å². The minimum absolute atomic E-state index is 0.122. The number of furan rings is 1. The molecule has 0 aliphatic rings. The fourth-order valence-corrected chi connectivity index (χ4v) is 2.51. The van der Waals surface area contributed by atoms with Crippen LogP contribution in [-0.4, -0.2) is 24.8 Å². The van der Waals surface area contributed by atoms with E-state index in [9.17, 15) is 4.79 Å². The molecule has 0 saturated carbocycles. The maximum absolute atomic E-state index is 12.2. The highest BCUT2D eigenvalue weighted by molar-refractivity contribution is 5.96. The standard InChI is InChI=1S/C21H22N2O4/c1-4-25-18-9-10-19-16(11-18)12-20(27-19)21(24)23-22-13-15-5-7-17(8-6-15)26-14(2)3/h5-14H,4H2,1-3H3,(H,23,24)/b22-13+. The van der Waals surface area contributed by atoms with Crippen LogP contribution in [0.1, 0.15) is 36.9 Å². The topological polar surface area (TPSA) is 73.1 Å². The normalized spacial score (nSPS) is 11.3. The maximum Gasteiger partial charge on any atom is 0.307 e. The number of fused-ring (bicyclic) bond motifs is 1. The van der Waals surface area contributed by atoms with Gasteiger partial charge in [-0.3, -0.25) is 4.79 Å². The van der Waals surface area contributed by atoms with Crippen LogP contribution in [0, 0.1) is 0 Å². The summed E-state index contributed by atoms with van der Waals surface area (Å²) in [5.41, 5.74) is 3.93. The zero-order chi connectivity index (χ0) is 19.2. The molecule has 0 atom stereocenters. The van der Waals surface area contributed by atoms with E-state index in [2.05, 4.69) is 10.5 Å². The average Bonchev–Trinajstić information content (AvgIpc) is 3.06. The molecule has 27 heavy (non-hydrogen) atoms. The summed E-state index contributed by atoms with van der Waals surface area (Å²) in [5, 5.41) is 4.78. The SMILES string of the molecule is CCOc1ccc2oc(C(=O)N/N=C/c3ccc(OC(C)C)cc3)cc2c1. The molecule has 0 saturated heterocycles. The number of carbonyl (C=O) groups excluding carboxylic acids is 1. The molecule has 0 aliphatic heterocycles. The smallest absolute Gasteiger partial charge is 0.307 e. The second kappa shape index (κ2) is 8.40. The van der Waals surface area contributed by atoms with Crippen molar-refractivity contribution in [2.24, 2.45) is 5.10 Å². The van der Waals surface area contributed by atoms with Crippen LogP contribution < -0.4 is 14.9 Å². The first-order chi connectivity index (χ1) is 13.0. The van der Waals surface area contributed by atoms with Crippen LogP contribution in [0.3, 0.4) is 0 Å². The van der Waals surface area contributed by atoms with E-state index < -0.39 is 5.91 Å². The van der Waals surface area contributed by atoms with Crippen molar-refractivity contribution in [3.8, 4) is 11.5 Å². The van der Waals surface area contributed by atoms with Crippen LogP contribution in [0.15, 0.2) is 58.0 Å².